The summed E-state index contributed by atoms with van der Waals surface area (Å²) in [5, 5.41) is 12.2. The molecule has 1 aromatic carbocycles. The van der Waals surface area contributed by atoms with E-state index in [1.54, 1.807) is 12.1 Å². The molecule has 1 N–H and O–H groups in total. The molecule has 3 fully saturated rings. The molecular weight excluding hydrogens is 442 g/mol. The summed E-state index contributed by atoms with van der Waals surface area (Å²) in [6, 6.07) is 8.59. The Labute approximate surface area is 195 Å². The van der Waals surface area contributed by atoms with E-state index in [9.17, 15) is 23.3 Å². The van der Waals surface area contributed by atoms with Crippen molar-refractivity contribution in [1.82, 2.24) is 10.2 Å². The first-order valence-corrected chi connectivity index (χ1v) is 13.6. The molecule has 4 rings (SSSR count). The smallest absolute Gasteiger partial charge is 0.226 e. The van der Waals surface area contributed by atoms with Crippen molar-refractivity contribution in [2.75, 3.05) is 19.3 Å². The van der Waals surface area contributed by atoms with Gasteiger partial charge in [0.2, 0.25) is 11.8 Å². The second kappa shape index (κ2) is 9.34. The predicted octanol–water partition coefficient (Wildman–Crippen LogP) is 2.44. The van der Waals surface area contributed by atoms with Gasteiger partial charge in [0, 0.05) is 44.0 Å². The second-order valence-corrected chi connectivity index (χ2v) is 11.6. The zero-order chi connectivity index (χ0) is 23.6. The number of carbonyl (C=O) groups excluding carboxylic acids is 2. The Morgan fingerprint density at radius 1 is 1.06 bits per heavy atom. The SMILES string of the molecule is CS(=O)(=O)c1ccc(OC2CCN(C(=O)[C@@H]3CCCCC3C(=O)NC3(C#N)CC3)CC2)cc1. The number of amides is 2. The van der Waals surface area contributed by atoms with Crippen molar-refractivity contribution in [3.8, 4) is 11.8 Å². The van der Waals surface area contributed by atoms with Crippen LogP contribution in [-0.4, -0.2) is 56.1 Å². The molecule has 0 bridgehead atoms. The van der Waals surface area contributed by atoms with Crippen molar-refractivity contribution in [3.63, 3.8) is 0 Å². The van der Waals surface area contributed by atoms with Gasteiger partial charge in [-0.1, -0.05) is 12.8 Å². The van der Waals surface area contributed by atoms with Crippen LogP contribution in [-0.2, 0) is 19.4 Å². The fraction of sp³-hybridized carbons (Fsp3) is 0.625. The molecule has 33 heavy (non-hydrogen) atoms. The molecule has 0 spiro atoms. The number of carbonyl (C=O) groups is 2. The van der Waals surface area contributed by atoms with Crippen LogP contribution in [0.2, 0.25) is 0 Å². The fourth-order valence-corrected chi connectivity index (χ4v) is 5.48. The van der Waals surface area contributed by atoms with E-state index in [4.69, 9.17) is 4.74 Å². The van der Waals surface area contributed by atoms with E-state index in [-0.39, 0.29) is 34.6 Å². The molecule has 1 unspecified atom stereocenters. The van der Waals surface area contributed by atoms with Crippen molar-refractivity contribution in [2.45, 2.75) is 67.9 Å². The van der Waals surface area contributed by atoms with Crippen molar-refractivity contribution in [3.05, 3.63) is 24.3 Å². The van der Waals surface area contributed by atoms with Crippen molar-refractivity contribution >= 4 is 21.7 Å². The number of nitrogens with one attached hydrogen (secondary N) is 1. The number of hydrogen-bond donors (Lipinski definition) is 1. The Morgan fingerprint density at radius 3 is 2.21 bits per heavy atom. The lowest BCUT2D eigenvalue weighted by Crippen LogP contribution is -2.50. The first-order valence-electron chi connectivity index (χ1n) is 11.7. The van der Waals surface area contributed by atoms with Gasteiger partial charge in [0.25, 0.3) is 0 Å². The summed E-state index contributed by atoms with van der Waals surface area (Å²) in [4.78, 5) is 28.3. The third-order valence-electron chi connectivity index (χ3n) is 7.05. The maximum atomic E-state index is 13.3. The molecule has 1 saturated heterocycles. The number of sulfone groups is 1. The van der Waals surface area contributed by atoms with Crippen molar-refractivity contribution in [1.29, 1.82) is 5.26 Å². The summed E-state index contributed by atoms with van der Waals surface area (Å²) in [5.74, 6) is -0.188. The molecule has 1 aliphatic heterocycles. The highest BCUT2D eigenvalue weighted by Gasteiger charge is 2.47. The molecule has 0 aromatic heterocycles. The van der Waals surface area contributed by atoms with Crippen LogP contribution in [0.4, 0.5) is 0 Å². The summed E-state index contributed by atoms with van der Waals surface area (Å²) in [6.07, 6.45) is 7.12. The first kappa shape index (κ1) is 23.6. The summed E-state index contributed by atoms with van der Waals surface area (Å²) in [5.41, 5.74) is -0.711. The van der Waals surface area contributed by atoms with Gasteiger partial charge in [-0.05, 0) is 49.9 Å². The van der Waals surface area contributed by atoms with Gasteiger partial charge < -0.3 is 15.0 Å². The fourth-order valence-electron chi connectivity index (χ4n) is 4.84. The zero-order valence-electron chi connectivity index (χ0n) is 19.0. The van der Waals surface area contributed by atoms with Gasteiger partial charge in [0.1, 0.15) is 17.4 Å². The first-order chi connectivity index (χ1) is 15.7. The largest absolute Gasteiger partial charge is 0.490 e. The highest BCUT2D eigenvalue weighted by atomic mass is 32.2. The van der Waals surface area contributed by atoms with E-state index in [2.05, 4.69) is 11.4 Å². The number of likely N-dealkylation sites (tertiary alicyclic amines) is 1. The Bertz CT molecular complexity index is 1030. The van der Waals surface area contributed by atoms with Gasteiger partial charge in [-0.25, -0.2) is 8.42 Å². The molecule has 9 heteroatoms. The lowest BCUT2D eigenvalue weighted by molar-refractivity contribution is -0.145. The molecule has 2 amide bonds. The number of hydrogen-bond acceptors (Lipinski definition) is 6. The minimum atomic E-state index is -3.24. The topological polar surface area (TPSA) is 117 Å². The molecule has 3 aliphatic rings. The number of nitriles is 1. The molecular formula is C24H31N3O5S. The van der Waals surface area contributed by atoms with Crippen LogP contribution >= 0.6 is 0 Å². The van der Waals surface area contributed by atoms with Crippen LogP contribution < -0.4 is 10.1 Å². The van der Waals surface area contributed by atoms with Crippen LogP contribution in [0.3, 0.4) is 0 Å². The summed E-state index contributed by atoms with van der Waals surface area (Å²) in [6.45, 7) is 1.13. The summed E-state index contributed by atoms with van der Waals surface area (Å²) < 4.78 is 29.2. The average molecular weight is 474 g/mol. The molecule has 0 radical (unpaired) electrons. The monoisotopic (exact) mass is 473 g/mol. The van der Waals surface area contributed by atoms with Crippen LogP contribution in [0.25, 0.3) is 0 Å². The molecule has 1 aromatic rings. The Hall–Kier alpha value is -2.60. The molecule has 8 nitrogen and oxygen atoms in total. The van der Waals surface area contributed by atoms with Crippen molar-refractivity contribution < 1.29 is 22.7 Å². The standard InChI is InChI=1S/C24H31N3O5S/c1-33(30,31)19-8-6-17(7-9-19)32-18-10-14-27(15-11-18)23(29)21-5-3-2-4-20(21)22(28)26-24(16-25)12-13-24/h6-9,18,20-21H,2-5,10-15H2,1H3,(H,26,28)/t20?,21-/m1/s1. The minimum Gasteiger partial charge on any atom is -0.490 e. The quantitative estimate of drug-likeness (QED) is 0.678. The van der Waals surface area contributed by atoms with E-state index in [0.29, 0.717) is 57.4 Å². The van der Waals surface area contributed by atoms with E-state index >= 15 is 0 Å². The summed E-state index contributed by atoms with van der Waals surface area (Å²) in [7, 11) is -3.24. The normalized spacial score (nSPS) is 25.0. The summed E-state index contributed by atoms with van der Waals surface area (Å²) >= 11 is 0. The van der Waals surface area contributed by atoms with Crippen molar-refractivity contribution in [2.24, 2.45) is 11.8 Å². The molecule has 2 aliphatic carbocycles. The Balaban J connectivity index is 1.31. The second-order valence-electron chi connectivity index (χ2n) is 9.57. The Morgan fingerprint density at radius 2 is 1.67 bits per heavy atom. The van der Waals surface area contributed by atoms with Gasteiger partial charge in [-0.3, -0.25) is 9.59 Å². The van der Waals surface area contributed by atoms with Crippen LogP contribution in [0.5, 0.6) is 5.75 Å². The highest BCUT2D eigenvalue weighted by Crippen LogP contribution is 2.37. The number of rotatable bonds is 6. The van der Waals surface area contributed by atoms with Crippen LogP contribution in [0.1, 0.15) is 51.4 Å². The van der Waals surface area contributed by atoms with E-state index in [1.807, 2.05) is 4.90 Å². The number of piperidine rings is 1. The van der Waals surface area contributed by atoms with E-state index in [1.165, 1.54) is 18.4 Å². The number of nitrogens with zero attached hydrogens (tertiary/aromatic N) is 2. The molecule has 178 valence electrons. The maximum Gasteiger partial charge on any atom is 0.226 e. The molecule has 2 atom stereocenters. The number of benzene rings is 1. The molecule has 1 heterocycles. The minimum absolute atomic E-state index is 0.0348. The van der Waals surface area contributed by atoms with Gasteiger partial charge in [-0.2, -0.15) is 5.26 Å². The van der Waals surface area contributed by atoms with Crippen LogP contribution in [0.15, 0.2) is 29.2 Å². The van der Waals surface area contributed by atoms with E-state index < -0.39 is 15.4 Å². The third-order valence-corrected chi connectivity index (χ3v) is 8.18. The predicted molar refractivity (Wildman–Crippen MR) is 121 cm³/mol. The lowest BCUT2D eigenvalue weighted by Gasteiger charge is -2.37. The average Bonchev–Trinajstić information content (AvgIpc) is 3.59. The van der Waals surface area contributed by atoms with Gasteiger partial charge >= 0.3 is 0 Å². The van der Waals surface area contributed by atoms with Gasteiger partial charge in [0.15, 0.2) is 9.84 Å². The van der Waals surface area contributed by atoms with Gasteiger partial charge in [-0.15, -0.1) is 0 Å². The van der Waals surface area contributed by atoms with Crippen LogP contribution in [0, 0.1) is 23.2 Å². The zero-order valence-corrected chi connectivity index (χ0v) is 19.8. The molecule has 2 saturated carbocycles. The number of ether oxygens (including phenoxy) is 1. The lowest BCUT2D eigenvalue weighted by atomic mass is 9.77. The van der Waals surface area contributed by atoms with E-state index in [0.717, 1.165) is 12.8 Å². The maximum absolute atomic E-state index is 13.3. The van der Waals surface area contributed by atoms with Gasteiger partial charge in [0.05, 0.1) is 11.0 Å². The Kier molecular flexibility index (Phi) is 6.66. The third kappa shape index (κ3) is 5.49. The highest BCUT2D eigenvalue weighted by molar-refractivity contribution is 7.90.